The number of nitrogens with one attached hydrogen (secondary N) is 2. The molecule has 0 radical (unpaired) electrons. The van der Waals surface area contributed by atoms with Crippen LogP contribution in [0.3, 0.4) is 0 Å². The fraction of sp³-hybridized carbons (Fsp3) is 0.0400. The molecule has 5 aromatic rings. The Bertz CT molecular complexity index is 1250. The summed E-state index contributed by atoms with van der Waals surface area (Å²) in [5.41, 5.74) is 8.21. The van der Waals surface area contributed by atoms with Crippen molar-refractivity contribution in [1.29, 1.82) is 0 Å². The fourth-order valence-electron chi connectivity index (χ4n) is 3.81. The number of hydrogen-bond acceptors (Lipinski definition) is 1. The third-order valence-corrected chi connectivity index (χ3v) is 5.16. The molecule has 4 aromatic carbocycles. The Labute approximate surface area is 158 Å². The van der Waals surface area contributed by atoms with Crippen molar-refractivity contribution in [2.24, 2.45) is 0 Å². The van der Waals surface area contributed by atoms with E-state index in [1.165, 1.54) is 27.5 Å². The molecule has 5 rings (SSSR count). The maximum absolute atomic E-state index is 3.67. The molecular weight excluding hydrogens is 328 g/mol. The topological polar surface area (TPSA) is 27.8 Å². The minimum atomic E-state index is 1.08. The zero-order valence-electron chi connectivity index (χ0n) is 15.2. The van der Waals surface area contributed by atoms with E-state index in [-0.39, 0.29) is 0 Å². The van der Waals surface area contributed by atoms with Gasteiger partial charge in [-0.25, -0.2) is 0 Å². The lowest BCUT2D eigenvalue weighted by Crippen LogP contribution is -1.95. The van der Waals surface area contributed by atoms with Crippen LogP contribution in [0.5, 0.6) is 0 Å². The maximum atomic E-state index is 3.67. The van der Waals surface area contributed by atoms with Crippen LogP contribution in [0.1, 0.15) is 5.56 Å². The zero-order valence-corrected chi connectivity index (χ0v) is 15.2. The van der Waals surface area contributed by atoms with Crippen LogP contribution in [0.25, 0.3) is 32.9 Å². The summed E-state index contributed by atoms with van der Waals surface area (Å²) < 4.78 is 0. The predicted molar refractivity (Wildman–Crippen MR) is 116 cm³/mol. The van der Waals surface area contributed by atoms with E-state index in [2.05, 4.69) is 102 Å². The average Bonchev–Trinajstić information content (AvgIpc) is 3.09. The molecule has 2 nitrogen and oxygen atoms in total. The number of anilines is 2. The van der Waals surface area contributed by atoms with Gasteiger partial charge >= 0.3 is 0 Å². The number of benzene rings is 4. The van der Waals surface area contributed by atoms with Gasteiger partial charge in [0.15, 0.2) is 0 Å². The molecule has 0 aliphatic carbocycles. The van der Waals surface area contributed by atoms with Crippen molar-refractivity contribution in [1.82, 2.24) is 4.98 Å². The van der Waals surface area contributed by atoms with Gasteiger partial charge in [0.25, 0.3) is 0 Å². The van der Waals surface area contributed by atoms with E-state index < -0.39 is 0 Å². The molecular formula is C25H20N2. The van der Waals surface area contributed by atoms with E-state index in [4.69, 9.17) is 0 Å². The third-order valence-electron chi connectivity index (χ3n) is 5.16. The molecule has 0 saturated heterocycles. The first-order valence-corrected chi connectivity index (χ1v) is 9.23. The van der Waals surface area contributed by atoms with Crippen LogP contribution in [0.4, 0.5) is 11.4 Å². The molecule has 1 aromatic heterocycles. The van der Waals surface area contributed by atoms with Crippen LogP contribution in [0.2, 0.25) is 0 Å². The van der Waals surface area contributed by atoms with E-state index in [1.54, 1.807) is 0 Å². The average molecular weight is 348 g/mol. The van der Waals surface area contributed by atoms with E-state index in [9.17, 15) is 0 Å². The highest BCUT2D eigenvalue weighted by atomic mass is 14.9. The molecule has 0 aliphatic rings. The highest BCUT2D eigenvalue weighted by Gasteiger charge is 2.15. The molecule has 2 N–H and O–H groups in total. The minimum Gasteiger partial charge on any atom is -0.353 e. The van der Waals surface area contributed by atoms with Crippen LogP contribution < -0.4 is 5.32 Å². The van der Waals surface area contributed by atoms with Gasteiger partial charge in [-0.3, -0.25) is 0 Å². The summed E-state index contributed by atoms with van der Waals surface area (Å²) in [6.45, 7) is 2.16. The second-order valence-electron chi connectivity index (χ2n) is 6.89. The normalized spacial score (nSPS) is 11.1. The number of aryl methyl sites for hydroxylation is 1. The van der Waals surface area contributed by atoms with Crippen molar-refractivity contribution in [3.63, 3.8) is 0 Å². The fourth-order valence-corrected chi connectivity index (χ4v) is 3.81. The van der Waals surface area contributed by atoms with Gasteiger partial charge in [0.05, 0.1) is 11.2 Å². The number of aromatic amines is 1. The molecule has 130 valence electrons. The van der Waals surface area contributed by atoms with Crippen LogP contribution in [-0.2, 0) is 0 Å². The molecule has 0 saturated carbocycles. The maximum Gasteiger partial charge on any atom is 0.0710 e. The Kier molecular flexibility index (Phi) is 3.68. The Hall–Kier alpha value is -3.52. The second kappa shape index (κ2) is 6.33. The smallest absolute Gasteiger partial charge is 0.0710 e. The summed E-state index contributed by atoms with van der Waals surface area (Å²) in [7, 11) is 0. The van der Waals surface area contributed by atoms with E-state index >= 15 is 0 Å². The molecule has 0 fully saturated rings. The van der Waals surface area contributed by atoms with E-state index in [0.29, 0.717) is 0 Å². The highest BCUT2D eigenvalue weighted by molar-refractivity contribution is 6.14. The molecule has 2 heteroatoms. The second-order valence-corrected chi connectivity index (χ2v) is 6.89. The first kappa shape index (κ1) is 15.7. The highest BCUT2D eigenvalue weighted by Crippen LogP contribution is 2.40. The zero-order chi connectivity index (χ0) is 18.2. The quantitative estimate of drug-likeness (QED) is 0.359. The van der Waals surface area contributed by atoms with Gasteiger partial charge in [-0.1, -0.05) is 72.8 Å². The lowest BCUT2D eigenvalue weighted by atomic mass is 9.97. The van der Waals surface area contributed by atoms with Crippen molar-refractivity contribution in [2.45, 2.75) is 6.92 Å². The van der Waals surface area contributed by atoms with Gasteiger partial charge in [0, 0.05) is 27.5 Å². The standard InChI is InChI=1S/C25H20N2/c1-17-9-5-6-12-19(17)21-15-16-22-20-13-7-8-14-23(20)27-25(22)24(21)26-18-10-3-2-4-11-18/h2-16,26-27H,1H3. The molecule has 0 aliphatic heterocycles. The first-order chi connectivity index (χ1) is 13.3. The Morgan fingerprint density at radius 1 is 0.630 bits per heavy atom. The Balaban J connectivity index is 1.82. The number of aromatic nitrogens is 1. The van der Waals surface area contributed by atoms with Crippen molar-refractivity contribution >= 4 is 33.2 Å². The number of hydrogen-bond donors (Lipinski definition) is 2. The Morgan fingerprint density at radius 2 is 1.37 bits per heavy atom. The van der Waals surface area contributed by atoms with Gasteiger partial charge in [0.2, 0.25) is 0 Å². The van der Waals surface area contributed by atoms with Crippen molar-refractivity contribution in [2.75, 3.05) is 5.32 Å². The molecule has 1 heterocycles. The summed E-state index contributed by atoms with van der Waals surface area (Å²) in [6.07, 6.45) is 0. The summed E-state index contributed by atoms with van der Waals surface area (Å²) in [6, 6.07) is 31.8. The van der Waals surface area contributed by atoms with Gasteiger partial charge in [0.1, 0.15) is 0 Å². The van der Waals surface area contributed by atoms with Crippen molar-refractivity contribution in [3.8, 4) is 11.1 Å². The Morgan fingerprint density at radius 3 is 2.22 bits per heavy atom. The first-order valence-electron chi connectivity index (χ1n) is 9.23. The van der Waals surface area contributed by atoms with Gasteiger partial charge < -0.3 is 10.3 Å². The number of para-hydroxylation sites is 2. The molecule has 0 unspecified atom stereocenters. The summed E-state index contributed by atoms with van der Waals surface area (Å²) in [5.74, 6) is 0. The minimum absolute atomic E-state index is 1.08. The largest absolute Gasteiger partial charge is 0.353 e. The number of H-pyrrole nitrogens is 1. The lowest BCUT2D eigenvalue weighted by molar-refractivity contribution is 1.45. The third kappa shape index (κ3) is 2.67. The van der Waals surface area contributed by atoms with Gasteiger partial charge in [-0.15, -0.1) is 0 Å². The SMILES string of the molecule is Cc1ccccc1-c1ccc2c([nH]c3ccccc32)c1Nc1ccccc1. The predicted octanol–water partition coefficient (Wildman–Crippen LogP) is 7.04. The number of rotatable bonds is 3. The molecule has 0 amide bonds. The summed E-state index contributed by atoms with van der Waals surface area (Å²) in [4.78, 5) is 3.63. The van der Waals surface area contributed by atoms with E-state index in [0.717, 1.165) is 22.4 Å². The molecule has 0 atom stereocenters. The molecule has 27 heavy (non-hydrogen) atoms. The lowest BCUT2D eigenvalue weighted by Gasteiger charge is -2.15. The molecule has 0 spiro atoms. The number of fused-ring (bicyclic) bond motifs is 3. The van der Waals surface area contributed by atoms with E-state index in [1.807, 2.05) is 6.07 Å². The summed E-state index contributed by atoms with van der Waals surface area (Å²) in [5, 5.41) is 6.16. The van der Waals surface area contributed by atoms with Crippen LogP contribution >= 0.6 is 0 Å². The molecule has 0 bridgehead atoms. The monoisotopic (exact) mass is 348 g/mol. The van der Waals surface area contributed by atoms with Crippen molar-refractivity contribution in [3.05, 3.63) is 96.6 Å². The van der Waals surface area contributed by atoms with Gasteiger partial charge in [-0.2, -0.15) is 0 Å². The van der Waals surface area contributed by atoms with Crippen LogP contribution in [0, 0.1) is 6.92 Å². The van der Waals surface area contributed by atoms with Crippen molar-refractivity contribution < 1.29 is 0 Å². The summed E-state index contributed by atoms with van der Waals surface area (Å²) >= 11 is 0. The van der Waals surface area contributed by atoms with Crippen LogP contribution in [-0.4, -0.2) is 4.98 Å². The van der Waals surface area contributed by atoms with Gasteiger partial charge in [-0.05, 0) is 36.2 Å². The van der Waals surface area contributed by atoms with Crippen LogP contribution in [0.15, 0.2) is 91.0 Å².